The molecule has 0 fully saturated rings. The summed E-state index contributed by atoms with van der Waals surface area (Å²) in [5, 5.41) is 7.93. The summed E-state index contributed by atoms with van der Waals surface area (Å²) in [5.74, 6) is -1.25. The maximum Gasteiger partial charge on any atom is 0.330 e. The lowest BCUT2D eigenvalue weighted by atomic mass is 10.2. The molecule has 0 aliphatic heterocycles. The van der Waals surface area contributed by atoms with Gasteiger partial charge in [-0.25, -0.2) is 4.79 Å². The predicted octanol–water partition coefficient (Wildman–Crippen LogP) is 1.10. The largest absolute Gasteiger partial charge is 0.478 e. The molecule has 0 atom stereocenters. The van der Waals surface area contributed by atoms with E-state index in [2.05, 4.69) is 0 Å². The van der Waals surface area contributed by atoms with Gasteiger partial charge in [0.15, 0.2) is 0 Å². The normalized spacial score (nSPS) is 10.4. The maximum absolute atomic E-state index is 10.7. The van der Waals surface area contributed by atoms with E-state index in [-0.39, 0.29) is 12.2 Å². The minimum atomic E-state index is -1.000. The third kappa shape index (κ3) is 19.7. The van der Waals surface area contributed by atoms with Crippen molar-refractivity contribution in [1.82, 2.24) is 0 Å². The fourth-order valence-electron chi connectivity index (χ4n) is 0.709. The number of carbonyl (C=O) groups excluding carboxylic acids is 2. The van der Waals surface area contributed by atoms with Gasteiger partial charge in [0.1, 0.15) is 12.2 Å². The topological polar surface area (TPSA) is 107 Å². The van der Waals surface area contributed by atoms with Gasteiger partial charge in [0.2, 0.25) is 0 Å². The van der Waals surface area contributed by atoms with Crippen molar-refractivity contribution in [2.24, 2.45) is 11.7 Å². The molecule has 0 rings (SSSR count). The number of aliphatic carboxylic acids is 1. The molecule has 6 heteroatoms. The van der Waals surface area contributed by atoms with Crippen LogP contribution >= 0.6 is 0 Å². The SMILES string of the molecule is C/C(N)=C/C(=O)O.CC(=O)CC(=O)OCC(C)C. The van der Waals surface area contributed by atoms with E-state index in [1.165, 1.54) is 13.8 Å². The molecular formula is C12H21NO5. The minimum absolute atomic E-state index is 0.104. The molecule has 18 heavy (non-hydrogen) atoms. The lowest BCUT2D eigenvalue weighted by molar-refractivity contribution is -0.146. The van der Waals surface area contributed by atoms with E-state index in [1.54, 1.807) is 0 Å². The molecule has 0 aromatic heterocycles. The van der Waals surface area contributed by atoms with Crippen LogP contribution in [0.1, 0.15) is 34.1 Å². The van der Waals surface area contributed by atoms with E-state index in [0.717, 1.165) is 6.08 Å². The third-order valence-electron chi connectivity index (χ3n) is 1.32. The molecule has 0 aromatic rings. The van der Waals surface area contributed by atoms with Gasteiger partial charge in [-0.05, 0) is 19.8 Å². The van der Waals surface area contributed by atoms with Gasteiger partial charge in [-0.3, -0.25) is 9.59 Å². The molecule has 0 aromatic carbocycles. The fraction of sp³-hybridized carbons (Fsp3) is 0.583. The standard InChI is InChI=1S/C8H14O3.C4H7NO2/c1-6(2)5-11-8(10)4-7(3)9;1-3(5)2-4(6)7/h6H,4-5H2,1-3H3;2H,5H2,1H3,(H,6,7)/b;3-2-. The zero-order valence-corrected chi connectivity index (χ0v) is 11.2. The van der Waals surface area contributed by atoms with Crippen LogP contribution in [0, 0.1) is 5.92 Å². The van der Waals surface area contributed by atoms with Crippen LogP contribution in [0.2, 0.25) is 0 Å². The highest BCUT2D eigenvalue weighted by atomic mass is 16.5. The molecule has 6 nitrogen and oxygen atoms in total. The molecule has 0 unspecified atom stereocenters. The van der Waals surface area contributed by atoms with Crippen LogP contribution in [0.25, 0.3) is 0 Å². The Balaban J connectivity index is 0. The Kier molecular flexibility index (Phi) is 10.6. The highest BCUT2D eigenvalue weighted by Crippen LogP contribution is 1.95. The van der Waals surface area contributed by atoms with Crippen molar-refractivity contribution >= 4 is 17.7 Å². The number of hydrogen-bond acceptors (Lipinski definition) is 5. The van der Waals surface area contributed by atoms with E-state index in [1.807, 2.05) is 13.8 Å². The predicted molar refractivity (Wildman–Crippen MR) is 66.7 cm³/mol. The fourth-order valence-corrected chi connectivity index (χ4v) is 0.709. The molecule has 3 N–H and O–H groups in total. The lowest BCUT2D eigenvalue weighted by Gasteiger charge is -2.04. The smallest absolute Gasteiger partial charge is 0.330 e. The molecule has 0 spiro atoms. The molecule has 0 heterocycles. The first kappa shape index (κ1) is 18.5. The average molecular weight is 259 g/mol. The van der Waals surface area contributed by atoms with Crippen LogP contribution in [0.4, 0.5) is 0 Å². The number of ether oxygens (including phenoxy) is 1. The van der Waals surface area contributed by atoms with Gasteiger partial charge in [0.05, 0.1) is 6.61 Å². The average Bonchev–Trinajstić information content (AvgIpc) is 2.12. The van der Waals surface area contributed by atoms with Gasteiger partial charge in [0, 0.05) is 11.8 Å². The Labute approximate surface area is 107 Å². The number of allylic oxidation sites excluding steroid dienone is 1. The van der Waals surface area contributed by atoms with Crippen LogP contribution in [0.5, 0.6) is 0 Å². The van der Waals surface area contributed by atoms with Crippen molar-refractivity contribution in [3.63, 3.8) is 0 Å². The second-order valence-corrected chi connectivity index (χ2v) is 4.18. The summed E-state index contributed by atoms with van der Waals surface area (Å²) in [4.78, 5) is 30.8. The van der Waals surface area contributed by atoms with Gasteiger partial charge in [-0.1, -0.05) is 13.8 Å². The number of carboxylic acids is 1. The van der Waals surface area contributed by atoms with E-state index < -0.39 is 11.9 Å². The van der Waals surface area contributed by atoms with Crippen molar-refractivity contribution in [2.45, 2.75) is 34.1 Å². The van der Waals surface area contributed by atoms with Crippen LogP contribution in [0.15, 0.2) is 11.8 Å². The Morgan fingerprint density at radius 1 is 1.28 bits per heavy atom. The van der Waals surface area contributed by atoms with E-state index in [4.69, 9.17) is 15.6 Å². The van der Waals surface area contributed by atoms with Crippen LogP contribution in [-0.2, 0) is 19.1 Å². The molecule has 0 saturated carbocycles. The van der Waals surface area contributed by atoms with E-state index in [9.17, 15) is 14.4 Å². The van der Waals surface area contributed by atoms with Crippen LogP contribution < -0.4 is 5.73 Å². The van der Waals surface area contributed by atoms with Crippen LogP contribution in [-0.4, -0.2) is 29.4 Å². The second kappa shape index (κ2) is 10.3. The minimum Gasteiger partial charge on any atom is -0.478 e. The van der Waals surface area contributed by atoms with E-state index >= 15 is 0 Å². The van der Waals surface area contributed by atoms with Gasteiger partial charge < -0.3 is 15.6 Å². The Hall–Kier alpha value is -1.85. The van der Waals surface area contributed by atoms with E-state index in [0.29, 0.717) is 18.2 Å². The first-order valence-electron chi connectivity index (χ1n) is 5.46. The summed E-state index contributed by atoms with van der Waals surface area (Å²) in [6.45, 7) is 7.18. The van der Waals surface area contributed by atoms with Crippen molar-refractivity contribution in [3.05, 3.63) is 11.8 Å². The van der Waals surface area contributed by atoms with Gasteiger partial charge in [-0.2, -0.15) is 0 Å². The highest BCUT2D eigenvalue weighted by molar-refractivity contribution is 5.94. The Morgan fingerprint density at radius 3 is 2.00 bits per heavy atom. The number of hydrogen-bond donors (Lipinski definition) is 2. The maximum atomic E-state index is 10.7. The molecule has 0 bridgehead atoms. The molecule has 0 radical (unpaired) electrons. The number of rotatable bonds is 5. The number of ketones is 1. The summed E-state index contributed by atoms with van der Waals surface area (Å²) in [6.07, 6.45) is 0.840. The second-order valence-electron chi connectivity index (χ2n) is 4.18. The highest BCUT2D eigenvalue weighted by Gasteiger charge is 2.06. The number of carboxylic acid groups (broad SMARTS) is 1. The summed E-state index contributed by atoms with van der Waals surface area (Å²) in [6, 6.07) is 0. The van der Waals surface area contributed by atoms with Crippen molar-refractivity contribution < 1.29 is 24.2 Å². The lowest BCUT2D eigenvalue weighted by Crippen LogP contribution is -2.12. The number of carbonyl (C=O) groups is 3. The molecule has 0 amide bonds. The van der Waals surface area contributed by atoms with Gasteiger partial charge in [-0.15, -0.1) is 0 Å². The molecular weight excluding hydrogens is 238 g/mol. The van der Waals surface area contributed by atoms with Crippen molar-refractivity contribution in [3.8, 4) is 0 Å². The van der Waals surface area contributed by atoms with Crippen LogP contribution in [0.3, 0.4) is 0 Å². The summed E-state index contributed by atoms with van der Waals surface area (Å²) in [7, 11) is 0. The van der Waals surface area contributed by atoms with Crippen molar-refractivity contribution in [1.29, 1.82) is 0 Å². The number of Topliss-reactive ketones (excluding diaryl/α,β-unsaturated/α-hetero) is 1. The molecule has 0 aliphatic carbocycles. The Bertz CT molecular complexity index is 316. The molecule has 104 valence electrons. The summed E-state index contributed by atoms with van der Waals surface area (Å²) < 4.78 is 4.75. The summed E-state index contributed by atoms with van der Waals surface area (Å²) in [5.41, 5.74) is 5.29. The first-order valence-corrected chi connectivity index (χ1v) is 5.46. The summed E-state index contributed by atoms with van der Waals surface area (Å²) >= 11 is 0. The Morgan fingerprint density at radius 2 is 1.78 bits per heavy atom. The number of esters is 1. The number of nitrogens with two attached hydrogens (primary N) is 1. The zero-order valence-electron chi connectivity index (χ0n) is 11.2. The first-order chi connectivity index (χ1) is 8.15. The van der Waals surface area contributed by atoms with Gasteiger partial charge in [0.25, 0.3) is 0 Å². The quantitative estimate of drug-likeness (QED) is 0.435. The monoisotopic (exact) mass is 259 g/mol. The third-order valence-corrected chi connectivity index (χ3v) is 1.32. The molecule has 0 saturated heterocycles. The zero-order chi connectivity index (χ0) is 14.7. The molecule has 0 aliphatic rings. The van der Waals surface area contributed by atoms with Gasteiger partial charge >= 0.3 is 11.9 Å². The van der Waals surface area contributed by atoms with Crippen molar-refractivity contribution in [2.75, 3.05) is 6.61 Å².